The molecule has 0 spiro atoms. The molecule has 1 fully saturated rings. The van der Waals surface area contributed by atoms with Gasteiger partial charge in [0.15, 0.2) is 0 Å². The van der Waals surface area contributed by atoms with E-state index in [0.29, 0.717) is 18.8 Å². The summed E-state index contributed by atoms with van der Waals surface area (Å²) in [5.74, 6) is 0.455. The molecule has 0 radical (unpaired) electrons. The zero-order valence-corrected chi connectivity index (χ0v) is 7.52. The van der Waals surface area contributed by atoms with E-state index >= 15 is 0 Å². The largest absolute Gasteiger partial charge is 0.390 e. The second-order valence-electron chi connectivity index (χ2n) is 4.59. The lowest BCUT2D eigenvalue weighted by Gasteiger charge is -2.47. The van der Waals surface area contributed by atoms with Crippen LogP contribution in [0.4, 0.5) is 4.39 Å². The summed E-state index contributed by atoms with van der Waals surface area (Å²) in [5, 5.41) is 9.68. The van der Waals surface area contributed by atoms with Gasteiger partial charge in [-0.3, -0.25) is 0 Å². The van der Waals surface area contributed by atoms with Crippen LogP contribution in [0.5, 0.6) is 0 Å². The van der Waals surface area contributed by atoms with Gasteiger partial charge in [-0.25, -0.2) is 4.39 Å². The zero-order valence-electron chi connectivity index (χ0n) is 7.52. The maximum atomic E-state index is 13.0. The molecule has 1 nitrogen and oxygen atoms in total. The van der Waals surface area contributed by atoms with Crippen molar-refractivity contribution in [3.8, 4) is 0 Å². The van der Waals surface area contributed by atoms with E-state index in [1.165, 1.54) is 0 Å². The Labute approximate surface area is 67.6 Å². The van der Waals surface area contributed by atoms with E-state index in [-0.39, 0.29) is 0 Å². The number of aliphatic hydroxyl groups is 1. The lowest BCUT2D eigenvalue weighted by molar-refractivity contribution is -0.141. The van der Waals surface area contributed by atoms with Crippen LogP contribution in [0.2, 0.25) is 0 Å². The Bertz CT molecular complexity index is 138. The third-order valence-electron chi connectivity index (χ3n) is 2.18. The first-order valence-corrected chi connectivity index (χ1v) is 4.24. The molecule has 0 aliphatic heterocycles. The molecule has 1 aliphatic rings. The van der Waals surface area contributed by atoms with Crippen molar-refractivity contribution in [2.45, 2.75) is 51.3 Å². The predicted octanol–water partition coefficient (Wildman–Crippen LogP) is 2.29. The van der Waals surface area contributed by atoms with E-state index in [1.54, 1.807) is 6.92 Å². The number of hydrogen-bond acceptors (Lipinski definition) is 1. The molecule has 0 saturated heterocycles. The van der Waals surface area contributed by atoms with E-state index in [1.807, 2.05) is 13.8 Å². The Balaban J connectivity index is 2.37. The fourth-order valence-electron chi connectivity index (χ4n) is 2.22. The van der Waals surface area contributed by atoms with Crippen molar-refractivity contribution in [3.05, 3.63) is 0 Å². The topological polar surface area (TPSA) is 20.2 Å². The van der Waals surface area contributed by atoms with Crippen LogP contribution in [0, 0.1) is 5.92 Å². The normalized spacial score (nSPS) is 44.2. The van der Waals surface area contributed by atoms with E-state index in [2.05, 4.69) is 0 Å². The quantitative estimate of drug-likeness (QED) is 0.657. The fraction of sp³-hybridized carbons (Fsp3) is 1.00. The highest BCUT2D eigenvalue weighted by Crippen LogP contribution is 2.47. The minimum Gasteiger partial charge on any atom is -0.390 e. The van der Waals surface area contributed by atoms with Gasteiger partial charge in [0.1, 0.15) is 5.67 Å². The summed E-state index contributed by atoms with van der Waals surface area (Å²) < 4.78 is 13.0. The van der Waals surface area contributed by atoms with E-state index in [4.69, 9.17) is 0 Å². The van der Waals surface area contributed by atoms with Crippen molar-refractivity contribution < 1.29 is 9.50 Å². The highest BCUT2D eigenvalue weighted by atomic mass is 19.1. The molecule has 1 rings (SSSR count). The zero-order chi connectivity index (χ0) is 8.70. The SMILES string of the molecule is CC(C)CC1(O)CC(C)(F)C1. The van der Waals surface area contributed by atoms with Gasteiger partial charge in [-0.1, -0.05) is 13.8 Å². The molecular weight excluding hydrogens is 143 g/mol. The lowest BCUT2D eigenvalue weighted by atomic mass is 9.66. The smallest absolute Gasteiger partial charge is 0.113 e. The molecule has 0 heterocycles. The van der Waals surface area contributed by atoms with Gasteiger partial charge in [-0.05, 0) is 19.3 Å². The second-order valence-corrected chi connectivity index (χ2v) is 4.59. The summed E-state index contributed by atoms with van der Waals surface area (Å²) in [6.07, 6.45) is 1.36. The van der Waals surface area contributed by atoms with Gasteiger partial charge >= 0.3 is 0 Å². The molecular formula is C9H17FO. The van der Waals surface area contributed by atoms with Crippen molar-refractivity contribution in [1.82, 2.24) is 0 Å². The average molecular weight is 160 g/mol. The predicted molar refractivity (Wildman–Crippen MR) is 43.2 cm³/mol. The maximum Gasteiger partial charge on any atom is 0.113 e. The number of alkyl halides is 1. The minimum absolute atomic E-state index is 0.318. The van der Waals surface area contributed by atoms with Gasteiger partial charge in [0.05, 0.1) is 5.60 Å². The Morgan fingerprint density at radius 3 is 2.18 bits per heavy atom. The standard InChI is InChI=1S/C9H17FO/c1-7(2)4-9(11)5-8(3,10)6-9/h7,11H,4-6H2,1-3H3. The van der Waals surface area contributed by atoms with Crippen molar-refractivity contribution in [3.63, 3.8) is 0 Å². The highest BCUT2D eigenvalue weighted by Gasteiger charge is 2.51. The summed E-state index contributed by atoms with van der Waals surface area (Å²) in [7, 11) is 0. The summed E-state index contributed by atoms with van der Waals surface area (Å²) in [4.78, 5) is 0. The first-order valence-electron chi connectivity index (χ1n) is 4.24. The molecule has 0 aromatic heterocycles. The first-order chi connectivity index (χ1) is 4.83. The summed E-state index contributed by atoms with van der Waals surface area (Å²) in [6, 6.07) is 0. The van der Waals surface area contributed by atoms with Gasteiger partial charge in [0.25, 0.3) is 0 Å². The van der Waals surface area contributed by atoms with Crippen molar-refractivity contribution >= 4 is 0 Å². The first kappa shape index (κ1) is 8.98. The molecule has 0 unspecified atom stereocenters. The maximum absolute atomic E-state index is 13.0. The summed E-state index contributed by atoms with van der Waals surface area (Å²) in [5.41, 5.74) is -1.80. The molecule has 1 saturated carbocycles. The van der Waals surface area contributed by atoms with Gasteiger partial charge in [-0.2, -0.15) is 0 Å². The Morgan fingerprint density at radius 1 is 1.45 bits per heavy atom. The molecule has 0 atom stereocenters. The monoisotopic (exact) mass is 160 g/mol. The van der Waals surface area contributed by atoms with Gasteiger partial charge in [-0.15, -0.1) is 0 Å². The molecule has 0 bridgehead atoms. The van der Waals surface area contributed by atoms with E-state index < -0.39 is 11.3 Å². The molecule has 0 aromatic rings. The van der Waals surface area contributed by atoms with Gasteiger partial charge in [0, 0.05) is 12.8 Å². The summed E-state index contributed by atoms with van der Waals surface area (Å²) >= 11 is 0. The second kappa shape index (κ2) is 2.44. The molecule has 0 amide bonds. The van der Waals surface area contributed by atoms with Crippen LogP contribution in [0.15, 0.2) is 0 Å². The number of halogens is 1. The number of rotatable bonds is 2. The van der Waals surface area contributed by atoms with Crippen molar-refractivity contribution in [2.24, 2.45) is 5.92 Å². The molecule has 2 heteroatoms. The van der Waals surface area contributed by atoms with Crippen molar-refractivity contribution in [2.75, 3.05) is 0 Å². The van der Waals surface area contributed by atoms with E-state index in [9.17, 15) is 9.50 Å². The van der Waals surface area contributed by atoms with E-state index in [0.717, 1.165) is 6.42 Å². The van der Waals surface area contributed by atoms with Gasteiger partial charge < -0.3 is 5.11 Å². The molecule has 66 valence electrons. The Kier molecular flexibility index (Phi) is 1.99. The molecule has 11 heavy (non-hydrogen) atoms. The summed E-state index contributed by atoms with van der Waals surface area (Å²) in [6.45, 7) is 5.65. The molecule has 1 aliphatic carbocycles. The Morgan fingerprint density at radius 2 is 1.91 bits per heavy atom. The van der Waals surface area contributed by atoms with Crippen LogP contribution in [0.3, 0.4) is 0 Å². The fourth-order valence-corrected chi connectivity index (χ4v) is 2.22. The number of hydrogen-bond donors (Lipinski definition) is 1. The molecule has 1 N–H and O–H groups in total. The Hall–Kier alpha value is -0.110. The van der Waals surface area contributed by atoms with Crippen LogP contribution in [-0.2, 0) is 0 Å². The third kappa shape index (κ3) is 2.16. The van der Waals surface area contributed by atoms with Crippen LogP contribution in [0.1, 0.15) is 40.0 Å². The average Bonchev–Trinajstić information content (AvgIpc) is 1.52. The van der Waals surface area contributed by atoms with Crippen LogP contribution >= 0.6 is 0 Å². The third-order valence-corrected chi connectivity index (χ3v) is 2.18. The molecule has 0 aromatic carbocycles. The van der Waals surface area contributed by atoms with Crippen LogP contribution in [0.25, 0.3) is 0 Å². The minimum atomic E-state index is -1.11. The van der Waals surface area contributed by atoms with Crippen LogP contribution < -0.4 is 0 Å². The van der Waals surface area contributed by atoms with Crippen LogP contribution in [-0.4, -0.2) is 16.4 Å². The lowest BCUT2D eigenvalue weighted by Crippen LogP contribution is -2.53. The highest BCUT2D eigenvalue weighted by molar-refractivity contribution is 5.03. The van der Waals surface area contributed by atoms with Gasteiger partial charge in [0.2, 0.25) is 0 Å². The van der Waals surface area contributed by atoms with Crippen molar-refractivity contribution in [1.29, 1.82) is 0 Å².